The number of aliphatic hydroxyl groups is 3. The third-order valence-corrected chi connectivity index (χ3v) is 4.91. The number of fused-ring (bicyclic) bond motifs is 1. The smallest absolute Gasteiger partial charge is 0.167 e. The van der Waals surface area contributed by atoms with Crippen LogP contribution in [0.2, 0.25) is 0 Å². The van der Waals surface area contributed by atoms with E-state index >= 15 is 0 Å². The van der Waals surface area contributed by atoms with E-state index in [2.05, 4.69) is 33.7 Å². The van der Waals surface area contributed by atoms with Crippen LogP contribution in [-0.4, -0.2) is 65.8 Å². The van der Waals surface area contributed by atoms with Crippen LogP contribution in [0, 0.1) is 0 Å². The lowest BCUT2D eigenvalue weighted by molar-refractivity contribution is -0.0511. The number of para-hydroxylation sites is 1. The van der Waals surface area contributed by atoms with Crippen molar-refractivity contribution in [3.63, 3.8) is 0 Å². The largest absolute Gasteiger partial charge is 0.394 e. The van der Waals surface area contributed by atoms with Crippen LogP contribution >= 0.6 is 0 Å². The maximum absolute atomic E-state index is 10.3. The van der Waals surface area contributed by atoms with Crippen LogP contribution in [0.25, 0.3) is 11.2 Å². The van der Waals surface area contributed by atoms with Crippen molar-refractivity contribution in [3.8, 4) is 0 Å². The van der Waals surface area contributed by atoms with Crippen LogP contribution in [-0.2, 0) is 4.74 Å². The van der Waals surface area contributed by atoms with E-state index in [0.717, 1.165) is 5.69 Å². The predicted octanol–water partition coefficient (Wildman–Crippen LogP) is 0.984. The molecule has 2 aromatic heterocycles. The van der Waals surface area contributed by atoms with Gasteiger partial charge in [0.15, 0.2) is 23.2 Å². The van der Waals surface area contributed by atoms with Gasteiger partial charge in [0, 0.05) is 11.7 Å². The summed E-state index contributed by atoms with van der Waals surface area (Å²) >= 11 is 0. The Bertz CT molecular complexity index is 948. The van der Waals surface area contributed by atoms with Gasteiger partial charge in [-0.2, -0.15) is 0 Å². The van der Waals surface area contributed by atoms with Gasteiger partial charge in [-0.15, -0.1) is 0 Å². The fraction of sp³-hybridized carbons (Fsp3) is 0.421. The Hall–Kier alpha value is -2.59. The summed E-state index contributed by atoms with van der Waals surface area (Å²) in [6.45, 7) is 3.73. The second kappa shape index (κ2) is 7.44. The van der Waals surface area contributed by atoms with Gasteiger partial charge in [-0.25, -0.2) is 15.0 Å². The zero-order valence-corrected chi connectivity index (χ0v) is 15.6. The number of rotatable bonds is 5. The number of hydrogen-bond donors (Lipinski definition) is 3. The number of benzene rings is 1. The van der Waals surface area contributed by atoms with Crippen molar-refractivity contribution < 1.29 is 20.1 Å². The van der Waals surface area contributed by atoms with E-state index in [0.29, 0.717) is 17.0 Å². The number of nitrogens with zero attached hydrogens (tertiary/aromatic N) is 5. The van der Waals surface area contributed by atoms with Gasteiger partial charge in [-0.05, 0) is 26.0 Å². The van der Waals surface area contributed by atoms with Crippen molar-refractivity contribution >= 4 is 22.7 Å². The first-order valence-electron chi connectivity index (χ1n) is 9.17. The Morgan fingerprint density at radius 1 is 1.11 bits per heavy atom. The molecule has 4 unspecified atom stereocenters. The molecule has 1 fully saturated rings. The zero-order chi connectivity index (χ0) is 19.8. The van der Waals surface area contributed by atoms with Crippen LogP contribution in [0.4, 0.5) is 11.5 Å². The lowest BCUT2D eigenvalue weighted by Crippen LogP contribution is -2.33. The van der Waals surface area contributed by atoms with Gasteiger partial charge in [0.25, 0.3) is 0 Å². The molecule has 0 aliphatic carbocycles. The van der Waals surface area contributed by atoms with E-state index in [9.17, 15) is 15.3 Å². The lowest BCUT2D eigenvalue weighted by Gasteiger charge is -2.28. The third-order valence-electron chi connectivity index (χ3n) is 4.91. The highest BCUT2D eigenvalue weighted by atomic mass is 16.6. The number of imidazole rings is 1. The Labute approximate surface area is 161 Å². The SMILES string of the molecule is CC(C)N(c1ccccc1)c1ncnc2c1ncn2C1OC(CO)C(O)C1O. The molecule has 3 N–H and O–H groups in total. The van der Waals surface area contributed by atoms with E-state index in [1.54, 1.807) is 4.57 Å². The minimum Gasteiger partial charge on any atom is -0.394 e. The summed E-state index contributed by atoms with van der Waals surface area (Å²) in [6, 6.07) is 9.98. The minimum atomic E-state index is -1.21. The van der Waals surface area contributed by atoms with E-state index < -0.39 is 31.1 Å². The van der Waals surface area contributed by atoms with Crippen molar-refractivity contribution in [2.24, 2.45) is 0 Å². The first kappa shape index (κ1) is 18.8. The van der Waals surface area contributed by atoms with Crippen molar-refractivity contribution in [1.82, 2.24) is 19.5 Å². The molecule has 3 heterocycles. The Kier molecular flexibility index (Phi) is 4.98. The second-order valence-corrected chi connectivity index (χ2v) is 7.05. The van der Waals surface area contributed by atoms with Crippen LogP contribution in [0.3, 0.4) is 0 Å². The van der Waals surface area contributed by atoms with Gasteiger partial charge < -0.3 is 25.0 Å². The van der Waals surface area contributed by atoms with Gasteiger partial charge in [-0.3, -0.25) is 4.57 Å². The molecule has 1 aromatic carbocycles. The highest BCUT2D eigenvalue weighted by Gasteiger charge is 2.44. The van der Waals surface area contributed by atoms with Gasteiger partial charge in [0.2, 0.25) is 0 Å². The second-order valence-electron chi connectivity index (χ2n) is 7.05. The molecule has 4 atom stereocenters. The molecule has 1 aliphatic rings. The summed E-state index contributed by atoms with van der Waals surface area (Å²) in [6.07, 6.45) is -1.21. The molecule has 0 amide bonds. The molecule has 1 aliphatic heterocycles. The average Bonchev–Trinajstić information content (AvgIpc) is 3.25. The highest BCUT2D eigenvalue weighted by molar-refractivity contribution is 5.86. The predicted molar refractivity (Wildman–Crippen MR) is 102 cm³/mol. The molecule has 0 saturated carbocycles. The molecule has 9 nitrogen and oxygen atoms in total. The monoisotopic (exact) mass is 385 g/mol. The maximum atomic E-state index is 10.3. The van der Waals surface area contributed by atoms with Gasteiger partial charge in [-0.1, -0.05) is 18.2 Å². The lowest BCUT2D eigenvalue weighted by atomic mass is 10.1. The number of anilines is 2. The quantitative estimate of drug-likeness (QED) is 0.595. The van der Waals surface area contributed by atoms with E-state index in [1.165, 1.54) is 12.7 Å². The molecule has 28 heavy (non-hydrogen) atoms. The number of aromatic nitrogens is 4. The van der Waals surface area contributed by atoms with Gasteiger partial charge >= 0.3 is 0 Å². The van der Waals surface area contributed by atoms with Crippen LogP contribution in [0.15, 0.2) is 43.0 Å². The topological polar surface area (TPSA) is 117 Å². The van der Waals surface area contributed by atoms with E-state index in [4.69, 9.17) is 4.74 Å². The molecule has 0 radical (unpaired) electrons. The molecule has 4 rings (SSSR count). The van der Waals surface area contributed by atoms with E-state index in [-0.39, 0.29) is 6.04 Å². The maximum Gasteiger partial charge on any atom is 0.167 e. The zero-order valence-electron chi connectivity index (χ0n) is 15.6. The first-order chi connectivity index (χ1) is 13.5. The van der Waals surface area contributed by atoms with Gasteiger partial charge in [0.05, 0.1) is 12.9 Å². The van der Waals surface area contributed by atoms with Crippen molar-refractivity contribution in [3.05, 3.63) is 43.0 Å². The van der Waals surface area contributed by atoms with Gasteiger partial charge in [0.1, 0.15) is 24.6 Å². The summed E-state index contributed by atoms with van der Waals surface area (Å²) < 4.78 is 7.18. The Balaban J connectivity index is 1.79. The number of aliphatic hydroxyl groups excluding tert-OH is 3. The standard InChI is InChI=1S/C19H23N5O4/c1-11(2)24(12-6-4-3-5-7-12)18-14-17(20-9-21-18)23(10-22-14)19-16(27)15(26)13(8-25)28-19/h3-7,9-11,13,15-16,19,25-27H,8H2,1-2H3. The van der Waals surface area contributed by atoms with Crippen molar-refractivity contribution in [2.75, 3.05) is 11.5 Å². The summed E-state index contributed by atoms with van der Waals surface area (Å²) in [5, 5.41) is 29.7. The molecule has 0 bridgehead atoms. The first-order valence-corrected chi connectivity index (χ1v) is 9.17. The fourth-order valence-corrected chi connectivity index (χ4v) is 3.57. The van der Waals surface area contributed by atoms with Crippen LogP contribution in [0.5, 0.6) is 0 Å². The summed E-state index contributed by atoms with van der Waals surface area (Å²) in [5.41, 5.74) is 2.00. The third kappa shape index (κ3) is 3.02. The summed E-state index contributed by atoms with van der Waals surface area (Å²) in [7, 11) is 0. The number of hydrogen-bond acceptors (Lipinski definition) is 8. The average molecular weight is 385 g/mol. The molecule has 0 spiro atoms. The minimum absolute atomic E-state index is 0.111. The summed E-state index contributed by atoms with van der Waals surface area (Å²) in [4.78, 5) is 15.3. The van der Waals surface area contributed by atoms with E-state index in [1.807, 2.05) is 30.3 Å². The molecular formula is C19H23N5O4. The van der Waals surface area contributed by atoms with Crippen LogP contribution in [0.1, 0.15) is 20.1 Å². The Morgan fingerprint density at radius 2 is 1.86 bits per heavy atom. The normalized spacial score (nSPS) is 24.9. The summed E-state index contributed by atoms with van der Waals surface area (Å²) in [5.74, 6) is 0.636. The fourth-order valence-electron chi connectivity index (χ4n) is 3.57. The Morgan fingerprint density at radius 3 is 2.50 bits per heavy atom. The van der Waals surface area contributed by atoms with Crippen molar-refractivity contribution in [2.45, 2.75) is 44.4 Å². The molecule has 3 aromatic rings. The molecular weight excluding hydrogens is 362 g/mol. The van der Waals surface area contributed by atoms with Crippen molar-refractivity contribution in [1.29, 1.82) is 0 Å². The molecule has 148 valence electrons. The molecule has 1 saturated heterocycles. The number of ether oxygens (including phenoxy) is 1. The molecule has 9 heteroatoms. The van der Waals surface area contributed by atoms with Crippen LogP contribution < -0.4 is 4.90 Å². The highest BCUT2D eigenvalue weighted by Crippen LogP contribution is 2.34.